The van der Waals surface area contributed by atoms with Gasteiger partial charge in [-0.2, -0.15) is 0 Å². The third-order valence-electron chi connectivity index (χ3n) is 2.71. The van der Waals surface area contributed by atoms with Crippen LogP contribution in [0.3, 0.4) is 0 Å². The van der Waals surface area contributed by atoms with Crippen molar-refractivity contribution in [2.24, 2.45) is 0 Å². The third kappa shape index (κ3) is 3.56. The number of carbonyl (C=O) groups excluding carboxylic acids is 1. The number of hydrogen-bond donors (Lipinski definition) is 2. The Balaban J connectivity index is 2.79. The molecule has 1 rings (SSSR count). The maximum Gasteiger partial charge on any atom is 0.337 e. The van der Waals surface area contributed by atoms with Crippen LogP contribution in [0.25, 0.3) is 0 Å². The molecule has 0 aliphatic rings. The van der Waals surface area contributed by atoms with E-state index in [1.54, 1.807) is 25.1 Å². The molecule has 1 aromatic rings. The second kappa shape index (κ2) is 6.16. The number of carboxylic acids is 1. The molecule has 1 unspecified atom stereocenters. The first kappa shape index (κ1) is 14.2. The van der Waals surface area contributed by atoms with Crippen molar-refractivity contribution in [1.82, 2.24) is 0 Å². The zero-order valence-electron chi connectivity index (χ0n) is 10.3. The van der Waals surface area contributed by atoms with E-state index in [2.05, 4.69) is 4.74 Å². The molecule has 0 bridgehead atoms. The van der Waals surface area contributed by atoms with Crippen molar-refractivity contribution < 1.29 is 24.5 Å². The van der Waals surface area contributed by atoms with Crippen LogP contribution in [0, 0.1) is 6.92 Å². The van der Waals surface area contributed by atoms with E-state index in [0.29, 0.717) is 17.5 Å². The Kier molecular flexibility index (Phi) is 4.85. The average molecular weight is 252 g/mol. The molecule has 0 aliphatic carbocycles. The van der Waals surface area contributed by atoms with E-state index in [9.17, 15) is 14.7 Å². The molecule has 1 aromatic carbocycles. The predicted octanol–water partition coefficient (Wildman–Crippen LogP) is 1.22. The lowest BCUT2D eigenvalue weighted by Crippen LogP contribution is -2.12. The number of carboxylic acid groups (broad SMARTS) is 1. The second-order valence-corrected chi connectivity index (χ2v) is 4.01. The molecule has 0 fully saturated rings. The van der Waals surface area contributed by atoms with Gasteiger partial charge in [0, 0.05) is 6.42 Å². The highest BCUT2D eigenvalue weighted by atomic mass is 16.5. The van der Waals surface area contributed by atoms with Gasteiger partial charge < -0.3 is 14.9 Å². The lowest BCUT2D eigenvalue weighted by Gasteiger charge is -2.11. The molecule has 0 amide bonds. The van der Waals surface area contributed by atoms with Crippen LogP contribution in [-0.4, -0.2) is 29.3 Å². The molecule has 18 heavy (non-hydrogen) atoms. The van der Waals surface area contributed by atoms with Crippen molar-refractivity contribution in [3.63, 3.8) is 0 Å². The first-order valence-corrected chi connectivity index (χ1v) is 5.52. The normalized spacial score (nSPS) is 11.9. The molecule has 0 saturated carbocycles. The minimum absolute atomic E-state index is 0.275. The SMILES string of the molecule is COC(=O)CCc1ccc(C(O)C(=O)O)c(C)c1. The number of ether oxygens (including phenoxy) is 1. The van der Waals surface area contributed by atoms with Gasteiger partial charge in [-0.25, -0.2) is 4.79 Å². The number of aryl methyl sites for hydroxylation is 2. The summed E-state index contributed by atoms with van der Waals surface area (Å²) in [4.78, 5) is 21.7. The third-order valence-corrected chi connectivity index (χ3v) is 2.71. The largest absolute Gasteiger partial charge is 0.479 e. The van der Waals surface area contributed by atoms with Crippen molar-refractivity contribution in [2.75, 3.05) is 7.11 Å². The fourth-order valence-electron chi connectivity index (χ4n) is 1.68. The molecule has 5 heteroatoms. The molecule has 5 nitrogen and oxygen atoms in total. The summed E-state index contributed by atoms with van der Waals surface area (Å²) < 4.78 is 4.54. The second-order valence-electron chi connectivity index (χ2n) is 4.01. The molecule has 0 heterocycles. The molecule has 0 radical (unpaired) electrons. The summed E-state index contributed by atoms with van der Waals surface area (Å²) in [7, 11) is 1.33. The summed E-state index contributed by atoms with van der Waals surface area (Å²) in [5, 5.41) is 18.2. The van der Waals surface area contributed by atoms with Gasteiger partial charge in [-0.05, 0) is 30.0 Å². The van der Waals surface area contributed by atoms with Crippen LogP contribution in [0.4, 0.5) is 0 Å². The van der Waals surface area contributed by atoms with Crippen molar-refractivity contribution in [2.45, 2.75) is 25.9 Å². The fourth-order valence-corrected chi connectivity index (χ4v) is 1.68. The van der Waals surface area contributed by atoms with E-state index >= 15 is 0 Å². The van der Waals surface area contributed by atoms with E-state index in [1.165, 1.54) is 7.11 Å². The highest BCUT2D eigenvalue weighted by Crippen LogP contribution is 2.20. The maximum atomic E-state index is 11.0. The van der Waals surface area contributed by atoms with Gasteiger partial charge in [0.15, 0.2) is 6.10 Å². The molecular weight excluding hydrogens is 236 g/mol. The lowest BCUT2D eigenvalue weighted by atomic mass is 9.99. The van der Waals surface area contributed by atoms with Crippen LogP contribution in [0.5, 0.6) is 0 Å². The molecule has 98 valence electrons. The van der Waals surface area contributed by atoms with Crippen molar-refractivity contribution in [3.05, 3.63) is 34.9 Å². The molecular formula is C13H16O5. The summed E-state index contributed by atoms with van der Waals surface area (Å²) >= 11 is 0. The zero-order chi connectivity index (χ0) is 13.7. The average Bonchev–Trinajstić information content (AvgIpc) is 2.35. The summed E-state index contributed by atoms with van der Waals surface area (Å²) in [6, 6.07) is 5.04. The standard InChI is InChI=1S/C13H16O5/c1-8-7-9(4-6-11(14)18-2)3-5-10(8)12(15)13(16)17/h3,5,7,12,15H,4,6H2,1-2H3,(H,16,17). The van der Waals surface area contributed by atoms with E-state index in [4.69, 9.17) is 5.11 Å². The van der Waals surface area contributed by atoms with Gasteiger partial charge in [-0.3, -0.25) is 4.79 Å². The first-order chi connectivity index (χ1) is 8.45. The van der Waals surface area contributed by atoms with Gasteiger partial charge >= 0.3 is 11.9 Å². The Morgan fingerprint density at radius 1 is 1.39 bits per heavy atom. The molecule has 2 N–H and O–H groups in total. The van der Waals surface area contributed by atoms with Gasteiger partial charge in [0.25, 0.3) is 0 Å². The summed E-state index contributed by atoms with van der Waals surface area (Å²) in [5.41, 5.74) is 1.95. The predicted molar refractivity (Wildman–Crippen MR) is 64.1 cm³/mol. The number of aliphatic hydroxyl groups excluding tert-OH is 1. The van der Waals surface area contributed by atoms with Crippen LogP contribution in [-0.2, 0) is 20.7 Å². The molecule has 1 atom stereocenters. The zero-order valence-corrected chi connectivity index (χ0v) is 10.3. The van der Waals surface area contributed by atoms with Gasteiger partial charge in [-0.15, -0.1) is 0 Å². The number of carbonyl (C=O) groups is 2. The summed E-state index contributed by atoms with van der Waals surface area (Å²) in [5.74, 6) is -1.57. The van der Waals surface area contributed by atoms with Crippen LogP contribution in [0.2, 0.25) is 0 Å². The topological polar surface area (TPSA) is 83.8 Å². The molecule has 0 spiro atoms. The summed E-state index contributed by atoms with van der Waals surface area (Å²) in [6.45, 7) is 1.73. The quantitative estimate of drug-likeness (QED) is 0.770. The number of hydrogen-bond acceptors (Lipinski definition) is 4. The van der Waals surface area contributed by atoms with Gasteiger partial charge in [0.1, 0.15) is 0 Å². The van der Waals surface area contributed by atoms with Crippen LogP contribution < -0.4 is 0 Å². The Hall–Kier alpha value is -1.88. The van der Waals surface area contributed by atoms with Crippen LogP contribution >= 0.6 is 0 Å². The van der Waals surface area contributed by atoms with Crippen molar-refractivity contribution >= 4 is 11.9 Å². The lowest BCUT2D eigenvalue weighted by molar-refractivity contribution is -0.147. The van der Waals surface area contributed by atoms with E-state index in [0.717, 1.165) is 5.56 Å². The minimum atomic E-state index is -1.51. The van der Waals surface area contributed by atoms with Crippen LogP contribution in [0.1, 0.15) is 29.2 Å². The molecule has 0 aromatic heterocycles. The Labute approximate surface area is 105 Å². The monoisotopic (exact) mass is 252 g/mol. The fraction of sp³-hybridized carbons (Fsp3) is 0.385. The minimum Gasteiger partial charge on any atom is -0.479 e. The molecule has 0 saturated heterocycles. The number of esters is 1. The molecule has 0 aliphatic heterocycles. The first-order valence-electron chi connectivity index (χ1n) is 5.52. The van der Waals surface area contributed by atoms with Gasteiger partial charge in [0.05, 0.1) is 7.11 Å². The van der Waals surface area contributed by atoms with Crippen molar-refractivity contribution in [1.29, 1.82) is 0 Å². The maximum absolute atomic E-state index is 11.0. The number of rotatable bonds is 5. The Morgan fingerprint density at radius 3 is 2.56 bits per heavy atom. The van der Waals surface area contributed by atoms with E-state index < -0.39 is 12.1 Å². The smallest absolute Gasteiger partial charge is 0.337 e. The number of benzene rings is 1. The summed E-state index contributed by atoms with van der Waals surface area (Å²) in [6.07, 6.45) is -0.715. The number of aliphatic carboxylic acids is 1. The van der Waals surface area contributed by atoms with Crippen molar-refractivity contribution in [3.8, 4) is 0 Å². The number of aliphatic hydroxyl groups is 1. The van der Waals surface area contributed by atoms with E-state index in [1.807, 2.05) is 0 Å². The van der Waals surface area contributed by atoms with E-state index in [-0.39, 0.29) is 12.4 Å². The van der Waals surface area contributed by atoms with Crippen LogP contribution in [0.15, 0.2) is 18.2 Å². The van der Waals surface area contributed by atoms with Gasteiger partial charge in [-0.1, -0.05) is 18.2 Å². The highest BCUT2D eigenvalue weighted by molar-refractivity contribution is 5.74. The Morgan fingerprint density at radius 2 is 2.06 bits per heavy atom. The number of methoxy groups -OCH3 is 1. The Bertz CT molecular complexity index is 453. The van der Waals surface area contributed by atoms with Gasteiger partial charge in [0.2, 0.25) is 0 Å². The highest BCUT2D eigenvalue weighted by Gasteiger charge is 2.18.